The van der Waals surface area contributed by atoms with Gasteiger partial charge in [-0.05, 0) is 24.5 Å². The Kier molecular flexibility index (Phi) is 3.17. The Labute approximate surface area is 98.1 Å². The molecule has 2 rings (SSSR count). The molecule has 1 heterocycles. The van der Waals surface area contributed by atoms with Gasteiger partial charge in [-0.15, -0.1) is 11.8 Å². The lowest BCUT2D eigenvalue weighted by atomic mass is 10.3. The first-order chi connectivity index (χ1) is 7.74. The van der Waals surface area contributed by atoms with Crippen molar-refractivity contribution >= 4 is 11.8 Å². The van der Waals surface area contributed by atoms with Crippen LogP contribution in [0.4, 0.5) is 0 Å². The molecule has 0 unspecified atom stereocenters. The number of nitrogens with zero attached hydrogens (tertiary/aromatic N) is 2. The van der Waals surface area contributed by atoms with Crippen molar-refractivity contribution in [3.05, 3.63) is 36.0 Å². The Bertz CT molecular complexity index is 496. The monoisotopic (exact) mass is 235 g/mol. The Morgan fingerprint density at radius 1 is 1.44 bits per heavy atom. The van der Waals surface area contributed by atoms with E-state index in [-0.39, 0.29) is 5.75 Å². The van der Waals surface area contributed by atoms with Crippen LogP contribution in [-0.4, -0.2) is 21.1 Å². The summed E-state index contributed by atoms with van der Waals surface area (Å²) in [5, 5.41) is 14.8. The number of nitrogens with two attached hydrogens (primary N) is 1. The zero-order valence-corrected chi connectivity index (χ0v) is 9.74. The smallest absolute Gasteiger partial charge is 0.117 e. The van der Waals surface area contributed by atoms with Gasteiger partial charge in [0.05, 0.1) is 16.4 Å². The first kappa shape index (κ1) is 11.0. The Morgan fingerprint density at radius 3 is 2.88 bits per heavy atom. The average Bonchev–Trinajstić information content (AvgIpc) is 2.72. The predicted octanol–water partition coefficient (Wildman–Crippen LogP) is 1.76. The molecule has 4 nitrogen and oxygen atoms in total. The quantitative estimate of drug-likeness (QED) is 0.796. The van der Waals surface area contributed by atoms with Crippen LogP contribution in [0.15, 0.2) is 35.4 Å². The number of benzene rings is 1. The molecule has 0 saturated heterocycles. The van der Waals surface area contributed by atoms with Crippen molar-refractivity contribution in [2.75, 3.05) is 6.26 Å². The molecule has 0 bridgehead atoms. The highest BCUT2D eigenvalue weighted by molar-refractivity contribution is 7.98. The van der Waals surface area contributed by atoms with Gasteiger partial charge in [0.15, 0.2) is 0 Å². The van der Waals surface area contributed by atoms with Crippen molar-refractivity contribution in [1.82, 2.24) is 9.78 Å². The molecule has 0 aliphatic carbocycles. The maximum Gasteiger partial charge on any atom is 0.117 e. The summed E-state index contributed by atoms with van der Waals surface area (Å²) in [4.78, 5) is 0. The van der Waals surface area contributed by atoms with Gasteiger partial charge in [-0.25, -0.2) is 4.68 Å². The summed E-state index contributed by atoms with van der Waals surface area (Å²) in [6, 6.07) is 8.95. The predicted molar refractivity (Wildman–Crippen MR) is 64.9 cm³/mol. The first-order valence-corrected chi connectivity index (χ1v) is 6.09. The van der Waals surface area contributed by atoms with Crippen molar-refractivity contribution in [2.24, 2.45) is 5.73 Å². The summed E-state index contributed by atoms with van der Waals surface area (Å²) in [7, 11) is 0. The minimum atomic E-state index is 0.231. The van der Waals surface area contributed by atoms with Crippen molar-refractivity contribution in [3.8, 4) is 11.4 Å². The number of aromatic nitrogens is 2. The van der Waals surface area contributed by atoms with Gasteiger partial charge in [0.25, 0.3) is 0 Å². The lowest BCUT2D eigenvalue weighted by Gasteiger charge is -2.05. The van der Waals surface area contributed by atoms with Crippen molar-refractivity contribution < 1.29 is 5.11 Å². The highest BCUT2D eigenvalue weighted by Crippen LogP contribution is 2.22. The number of hydrogen-bond acceptors (Lipinski definition) is 4. The number of phenols is 1. The Morgan fingerprint density at radius 2 is 2.25 bits per heavy atom. The largest absolute Gasteiger partial charge is 0.508 e. The molecule has 0 fully saturated rings. The van der Waals surface area contributed by atoms with Crippen LogP contribution in [0, 0.1) is 0 Å². The second-order valence-corrected chi connectivity index (χ2v) is 4.14. The minimum absolute atomic E-state index is 0.231. The van der Waals surface area contributed by atoms with Gasteiger partial charge in [0.2, 0.25) is 0 Å². The zero-order chi connectivity index (χ0) is 11.5. The highest BCUT2D eigenvalue weighted by Gasteiger charge is 2.08. The summed E-state index contributed by atoms with van der Waals surface area (Å²) < 4.78 is 1.78. The van der Waals surface area contributed by atoms with E-state index in [2.05, 4.69) is 5.10 Å². The van der Waals surface area contributed by atoms with Gasteiger partial charge in [-0.2, -0.15) is 5.10 Å². The standard InChI is InChI=1S/C11H13N3OS/c1-16-11-5-8(7-12)13-14(11)9-3-2-4-10(15)6-9/h2-6,15H,7,12H2,1H3. The minimum Gasteiger partial charge on any atom is -0.508 e. The summed E-state index contributed by atoms with van der Waals surface area (Å²) in [5.74, 6) is 0.231. The second kappa shape index (κ2) is 4.59. The van der Waals surface area contributed by atoms with Crippen LogP contribution >= 0.6 is 11.8 Å². The molecule has 0 saturated carbocycles. The van der Waals surface area contributed by atoms with Crippen LogP contribution < -0.4 is 5.73 Å². The van der Waals surface area contributed by atoms with Crippen LogP contribution in [0.2, 0.25) is 0 Å². The van der Waals surface area contributed by atoms with Gasteiger partial charge in [0, 0.05) is 12.6 Å². The number of rotatable bonds is 3. The molecule has 5 heteroatoms. The number of aromatic hydroxyl groups is 1. The lowest BCUT2D eigenvalue weighted by molar-refractivity contribution is 0.474. The fraction of sp³-hybridized carbons (Fsp3) is 0.182. The van der Waals surface area contributed by atoms with Gasteiger partial charge < -0.3 is 10.8 Å². The molecule has 0 aliphatic rings. The fourth-order valence-electron chi connectivity index (χ4n) is 1.47. The van der Waals surface area contributed by atoms with E-state index in [1.807, 2.05) is 18.4 Å². The molecule has 0 aliphatic heterocycles. The number of phenolic OH excluding ortho intramolecular Hbond substituents is 1. The van der Waals surface area contributed by atoms with E-state index in [0.29, 0.717) is 6.54 Å². The topological polar surface area (TPSA) is 64.1 Å². The van der Waals surface area contributed by atoms with E-state index in [9.17, 15) is 5.11 Å². The van der Waals surface area contributed by atoms with E-state index in [4.69, 9.17) is 5.73 Å². The summed E-state index contributed by atoms with van der Waals surface area (Å²) in [6.07, 6.45) is 1.98. The van der Waals surface area contributed by atoms with Crippen LogP contribution in [0.5, 0.6) is 5.75 Å². The molecule has 84 valence electrons. The molecular weight excluding hydrogens is 222 g/mol. The molecule has 0 radical (unpaired) electrons. The third-order valence-electron chi connectivity index (χ3n) is 2.22. The normalized spacial score (nSPS) is 10.6. The third-order valence-corrected chi connectivity index (χ3v) is 2.93. The molecule has 1 aromatic heterocycles. The molecule has 0 amide bonds. The van der Waals surface area contributed by atoms with Gasteiger partial charge >= 0.3 is 0 Å². The third kappa shape index (κ3) is 2.05. The zero-order valence-electron chi connectivity index (χ0n) is 8.92. The fourth-order valence-corrected chi connectivity index (χ4v) is 2.04. The average molecular weight is 235 g/mol. The summed E-state index contributed by atoms with van der Waals surface area (Å²) >= 11 is 1.60. The van der Waals surface area contributed by atoms with E-state index in [1.54, 1.807) is 34.6 Å². The molecule has 3 N–H and O–H groups in total. The molecule has 16 heavy (non-hydrogen) atoms. The Balaban J connectivity index is 2.50. The molecular formula is C11H13N3OS. The maximum atomic E-state index is 9.43. The van der Waals surface area contributed by atoms with Gasteiger partial charge in [0.1, 0.15) is 5.75 Å². The van der Waals surface area contributed by atoms with Crippen LogP contribution in [-0.2, 0) is 6.54 Å². The maximum absolute atomic E-state index is 9.43. The van der Waals surface area contributed by atoms with E-state index in [0.717, 1.165) is 16.4 Å². The first-order valence-electron chi connectivity index (χ1n) is 4.87. The molecule has 1 aromatic carbocycles. The lowest BCUT2D eigenvalue weighted by Crippen LogP contribution is -2.01. The summed E-state index contributed by atoms with van der Waals surface area (Å²) in [5.41, 5.74) is 7.24. The van der Waals surface area contributed by atoms with Crippen molar-refractivity contribution in [3.63, 3.8) is 0 Å². The SMILES string of the molecule is CSc1cc(CN)nn1-c1cccc(O)c1. The van der Waals surface area contributed by atoms with Crippen molar-refractivity contribution in [1.29, 1.82) is 0 Å². The number of thioether (sulfide) groups is 1. The van der Waals surface area contributed by atoms with E-state index < -0.39 is 0 Å². The second-order valence-electron chi connectivity index (χ2n) is 3.31. The molecule has 0 atom stereocenters. The van der Waals surface area contributed by atoms with E-state index >= 15 is 0 Å². The highest BCUT2D eigenvalue weighted by atomic mass is 32.2. The van der Waals surface area contributed by atoms with Crippen LogP contribution in [0.25, 0.3) is 5.69 Å². The van der Waals surface area contributed by atoms with Gasteiger partial charge in [-0.1, -0.05) is 6.07 Å². The molecule has 2 aromatic rings. The van der Waals surface area contributed by atoms with Gasteiger partial charge in [-0.3, -0.25) is 0 Å². The molecule has 0 spiro atoms. The van der Waals surface area contributed by atoms with Crippen molar-refractivity contribution in [2.45, 2.75) is 11.6 Å². The Hall–Kier alpha value is -1.46. The van der Waals surface area contributed by atoms with Crippen LogP contribution in [0.1, 0.15) is 5.69 Å². The van der Waals surface area contributed by atoms with E-state index in [1.165, 1.54) is 0 Å². The van der Waals surface area contributed by atoms with Crippen LogP contribution in [0.3, 0.4) is 0 Å². The summed E-state index contributed by atoms with van der Waals surface area (Å²) in [6.45, 7) is 0.416. The number of hydrogen-bond donors (Lipinski definition) is 2.